The van der Waals surface area contributed by atoms with Crippen LogP contribution in [0.5, 0.6) is 5.88 Å². The molecule has 3 heterocycles. The Labute approximate surface area is 184 Å². The molecule has 31 heavy (non-hydrogen) atoms. The molecule has 6 nitrogen and oxygen atoms in total. The van der Waals surface area contributed by atoms with Crippen LogP contribution in [0, 0.1) is 0 Å². The van der Waals surface area contributed by atoms with Crippen LogP contribution >= 0.6 is 11.3 Å². The Morgan fingerprint density at radius 1 is 1.19 bits per heavy atom. The Hall–Kier alpha value is -1.87. The number of nitrogens with zero attached hydrogens (tertiary/aromatic N) is 3. The molecule has 2 N–H and O–H groups in total. The van der Waals surface area contributed by atoms with Gasteiger partial charge in [-0.2, -0.15) is 0 Å². The van der Waals surface area contributed by atoms with Gasteiger partial charge >= 0.3 is 0 Å². The van der Waals surface area contributed by atoms with E-state index in [0.29, 0.717) is 31.4 Å². The van der Waals surface area contributed by atoms with E-state index in [4.69, 9.17) is 10.5 Å². The van der Waals surface area contributed by atoms with Gasteiger partial charge < -0.3 is 10.5 Å². The summed E-state index contributed by atoms with van der Waals surface area (Å²) in [7, 11) is 0. The van der Waals surface area contributed by atoms with Gasteiger partial charge in [0.2, 0.25) is 11.8 Å². The second kappa shape index (κ2) is 8.24. The number of amides is 1. The number of aryl methyl sites for hydroxylation is 1. The number of nitrogens with two attached hydrogens (primary N) is 1. The van der Waals surface area contributed by atoms with E-state index in [1.165, 1.54) is 4.88 Å². The molecule has 0 spiro atoms. The largest absolute Gasteiger partial charge is 0.474 e. The summed E-state index contributed by atoms with van der Waals surface area (Å²) < 4.78 is 33.3. The monoisotopic (exact) mass is 450 g/mol. The number of piperidine rings is 1. The lowest BCUT2D eigenvalue weighted by Crippen LogP contribution is -2.47. The molecule has 1 aliphatic heterocycles. The van der Waals surface area contributed by atoms with Gasteiger partial charge in [-0.25, -0.2) is 18.7 Å². The molecule has 0 aromatic carbocycles. The van der Waals surface area contributed by atoms with Crippen LogP contribution in [-0.4, -0.2) is 51.9 Å². The Bertz CT molecular complexity index is 964. The number of thiophene rings is 1. The van der Waals surface area contributed by atoms with Crippen molar-refractivity contribution in [1.82, 2.24) is 14.9 Å². The molecule has 5 rings (SSSR count). The van der Waals surface area contributed by atoms with E-state index in [9.17, 15) is 13.6 Å². The zero-order chi connectivity index (χ0) is 21.6. The first kappa shape index (κ1) is 21.0. The SMILES string of the molecule is NC(=O)C[C@H]1CCc2sc3ncnc(OC4CCC(N5CCC(F)(F)CC5)CC4)c3c21. The van der Waals surface area contributed by atoms with Gasteiger partial charge in [-0.3, -0.25) is 9.69 Å². The molecular weight excluding hydrogens is 422 g/mol. The van der Waals surface area contributed by atoms with E-state index >= 15 is 0 Å². The van der Waals surface area contributed by atoms with Crippen LogP contribution in [0.15, 0.2) is 6.33 Å². The molecule has 2 fully saturated rings. The van der Waals surface area contributed by atoms with E-state index in [0.717, 1.165) is 54.3 Å². The highest BCUT2D eigenvalue weighted by Crippen LogP contribution is 2.47. The lowest BCUT2D eigenvalue weighted by atomic mass is 9.90. The summed E-state index contributed by atoms with van der Waals surface area (Å²) in [5.41, 5.74) is 6.63. The van der Waals surface area contributed by atoms with E-state index in [2.05, 4.69) is 14.9 Å². The van der Waals surface area contributed by atoms with Crippen LogP contribution in [0.1, 0.15) is 67.7 Å². The van der Waals surface area contributed by atoms with Gasteiger partial charge in [0.25, 0.3) is 5.92 Å². The van der Waals surface area contributed by atoms with Gasteiger partial charge in [-0.1, -0.05) is 0 Å². The number of halogens is 2. The van der Waals surface area contributed by atoms with Crippen molar-refractivity contribution in [2.24, 2.45) is 5.73 Å². The van der Waals surface area contributed by atoms with Crippen LogP contribution in [0.25, 0.3) is 10.2 Å². The molecule has 2 aliphatic carbocycles. The number of likely N-dealkylation sites (tertiary alicyclic amines) is 1. The first-order valence-corrected chi connectivity index (χ1v) is 12.0. The molecule has 2 aromatic rings. The zero-order valence-electron chi connectivity index (χ0n) is 17.5. The Kier molecular flexibility index (Phi) is 5.58. The molecule has 1 atom stereocenters. The summed E-state index contributed by atoms with van der Waals surface area (Å²) in [4.78, 5) is 24.8. The average molecular weight is 451 g/mol. The number of aromatic nitrogens is 2. The predicted molar refractivity (Wildman–Crippen MR) is 115 cm³/mol. The fourth-order valence-corrected chi connectivity index (χ4v) is 6.71. The number of fused-ring (bicyclic) bond motifs is 3. The fourth-order valence-electron chi connectivity index (χ4n) is 5.48. The molecule has 0 radical (unpaired) electrons. The van der Waals surface area contributed by atoms with Crippen LogP contribution < -0.4 is 10.5 Å². The third kappa shape index (κ3) is 4.26. The topological polar surface area (TPSA) is 81.3 Å². The fraction of sp³-hybridized carbons (Fsp3) is 0.682. The molecule has 1 saturated heterocycles. The van der Waals surface area contributed by atoms with Crippen molar-refractivity contribution in [3.05, 3.63) is 16.8 Å². The first-order valence-electron chi connectivity index (χ1n) is 11.2. The van der Waals surface area contributed by atoms with E-state index in [1.807, 2.05) is 0 Å². The molecular formula is C22H28F2N4O2S. The molecule has 3 aliphatic rings. The minimum atomic E-state index is -2.50. The van der Waals surface area contributed by atoms with Crippen molar-refractivity contribution in [2.75, 3.05) is 13.1 Å². The van der Waals surface area contributed by atoms with Crippen LogP contribution in [0.4, 0.5) is 8.78 Å². The highest BCUT2D eigenvalue weighted by molar-refractivity contribution is 7.19. The number of carbonyl (C=O) groups excluding carboxylic acids is 1. The lowest BCUT2D eigenvalue weighted by molar-refractivity contribution is -0.118. The number of ether oxygens (including phenoxy) is 1. The highest BCUT2D eigenvalue weighted by atomic mass is 32.1. The number of alkyl halides is 2. The molecule has 0 bridgehead atoms. The quantitative estimate of drug-likeness (QED) is 0.744. The van der Waals surface area contributed by atoms with Gasteiger partial charge in [0.1, 0.15) is 17.3 Å². The van der Waals surface area contributed by atoms with Crippen molar-refractivity contribution in [3.63, 3.8) is 0 Å². The first-order chi connectivity index (χ1) is 14.9. The Morgan fingerprint density at radius 3 is 2.65 bits per heavy atom. The van der Waals surface area contributed by atoms with Crippen molar-refractivity contribution in [3.8, 4) is 5.88 Å². The second-order valence-electron chi connectivity index (χ2n) is 9.14. The second-order valence-corrected chi connectivity index (χ2v) is 10.2. The smallest absolute Gasteiger partial charge is 0.250 e. The third-order valence-corrected chi connectivity index (χ3v) is 8.28. The van der Waals surface area contributed by atoms with Gasteiger partial charge in [-0.15, -0.1) is 11.3 Å². The summed E-state index contributed by atoms with van der Waals surface area (Å²) in [6.45, 7) is 0.968. The third-order valence-electron chi connectivity index (χ3n) is 7.11. The van der Waals surface area contributed by atoms with E-state index in [1.54, 1.807) is 17.7 Å². The summed E-state index contributed by atoms with van der Waals surface area (Å²) in [6.07, 6.45) is 7.44. The summed E-state index contributed by atoms with van der Waals surface area (Å²) in [6, 6.07) is 0.367. The van der Waals surface area contributed by atoms with Crippen LogP contribution in [0.2, 0.25) is 0 Å². The summed E-state index contributed by atoms with van der Waals surface area (Å²) in [5.74, 6) is -2.06. The standard InChI is InChI=1S/C22H28F2N4O2S/c23-22(24)7-9-28(10-8-22)14-2-4-15(5-3-14)30-20-19-18-13(11-17(25)29)1-6-16(18)31-21(19)27-12-26-20/h12-15H,1-11H2,(H2,25,29)/t13-,14?,15?/m1/s1. The molecule has 9 heteroatoms. The normalized spacial score (nSPS) is 28.5. The number of hydrogen-bond acceptors (Lipinski definition) is 6. The molecule has 1 saturated carbocycles. The maximum absolute atomic E-state index is 13.5. The van der Waals surface area contributed by atoms with Crippen LogP contribution in [0.3, 0.4) is 0 Å². The van der Waals surface area contributed by atoms with Crippen molar-refractivity contribution >= 4 is 27.5 Å². The van der Waals surface area contributed by atoms with Gasteiger partial charge in [0.05, 0.1) is 5.39 Å². The van der Waals surface area contributed by atoms with Crippen molar-refractivity contribution in [2.45, 2.75) is 81.8 Å². The maximum atomic E-state index is 13.5. The van der Waals surface area contributed by atoms with E-state index < -0.39 is 5.92 Å². The number of rotatable bonds is 5. The Balaban J connectivity index is 1.27. The van der Waals surface area contributed by atoms with Crippen LogP contribution in [-0.2, 0) is 11.2 Å². The predicted octanol–water partition coefficient (Wildman–Crippen LogP) is 4.02. The highest BCUT2D eigenvalue weighted by Gasteiger charge is 2.38. The maximum Gasteiger partial charge on any atom is 0.250 e. The zero-order valence-corrected chi connectivity index (χ0v) is 18.3. The number of carbonyl (C=O) groups is 1. The van der Waals surface area contributed by atoms with Crippen molar-refractivity contribution < 1.29 is 18.3 Å². The number of primary amides is 1. The van der Waals surface area contributed by atoms with Crippen molar-refractivity contribution in [1.29, 1.82) is 0 Å². The molecule has 1 amide bonds. The molecule has 2 aromatic heterocycles. The molecule has 168 valence electrons. The van der Waals surface area contributed by atoms with Gasteiger partial charge in [0.15, 0.2) is 0 Å². The number of hydrogen-bond donors (Lipinski definition) is 1. The minimum Gasteiger partial charge on any atom is -0.474 e. The Morgan fingerprint density at radius 2 is 1.94 bits per heavy atom. The molecule has 0 unspecified atom stereocenters. The summed E-state index contributed by atoms with van der Waals surface area (Å²) >= 11 is 1.66. The van der Waals surface area contributed by atoms with Gasteiger partial charge in [0, 0.05) is 43.3 Å². The summed E-state index contributed by atoms with van der Waals surface area (Å²) in [5, 5.41) is 0.951. The minimum absolute atomic E-state index is 0.0297. The average Bonchev–Trinajstić information content (AvgIpc) is 3.28. The lowest BCUT2D eigenvalue weighted by Gasteiger charge is -2.40. The van der Waals surface area contributed by atoms with Gasteiger partial charge in [-0.05, 0) is 50.0 Å². The van der Waals surface area contributed by atoms with E-state index in [-0.39, 0.29) is 30.8 Å².